The molecule has 0 fully saturated rings. The van der Waals surface area contributed by atoms with Gasteiger partial charge >= 0.3 is 0 Å². The minimum Gasteiger partial charge on any atom is -0.494 e. The topological polar surface area (TPSA) is 35.2 Å². The molecule has 0 aromatic heterocycles. The summed E-state index contributed by atoms with van der Waals surface area (Å²) >= 11 is 3.27. The number of ether oxygens (including phenoxy) is 1. The second-order valence-corrected chi connectivity index (χ2v) is 5.10. The number of hydrogen-bond donors (Lipinski definition) is 1. The van der Waals surface area contributed by atoms with Crippen LogP contribution < -0.4 is 10.5 Å². The third-order valence-electron chi connectivity index (χ3n) is 2.77. The zero-order chi connectivity index (χ0) is 13.8. The van der Waals surface area contributed by atoms with Gasteiger partial charge in [0.05, 0.1) is 12.6 Å². The Kier molecular flexibility index (Phi) is 4.56. The molecule has 2 aromatic carbocycles. The highest BCUT2D eigenvalue weighted by atomic mass is 79.9. The van der Waals surface area contributed by atoms with Gasteiger partial charge in [-0.15, -0.1) is 0 Å². The number of nitrogens with two attached hydrogens (primary N) is 1. The number of rotatable bonds is 4. The third-order valence-corrected chi connectivity index (χ3v) is 3.23. The maximum Gasteiger partial charge on any atom is 0.124 e. The number of hydrogen-bond acceptors (Lipinski definition) is 2. The molecule has 2 nitrogen and oxygen atoms in total. The van der Waals surface area contributed by atoms with Crippen molar-refractivity contribution in [2.45, 2.75) is 13.0 Å². The quantitative estimate of drug-likeness (QED) is 0.921. The summed E-state index contributed by atoms with van der Waals surface area (Å²) in [5.41, 5.74) is 7.79. The molecule has 0 bridgehead atoms. The van der Waals surface area contributed by atoms with E-state index in [1.165, 1.54) is 12.1 Å². The van der Waals surface area contributed by atoms with E-state index in [4.69, 9.17) is 10.5 Å². The zero-order valence-electron chi connectivity index (χ0n) is 10.6. The number of halogens is 2. The molecule has 19 heavy (non-hydrogen) atoms. The Bertz CT molecular complexity index is 554. The van der Waals surface area contributed by atoms with Crippen molar-refractivity contribution >= 4 is 15.9 Å². The molecule has 0 aliphatic heterocycles. The smallest absolute Gasteiger partial charge is 0.124 e. The molecule has 0 saturated heterocycles. The lowest BCUT2D eigenvalue weighted by Crippen LogP contribution is -2.12. The van der Waals surface area contributed by atoms with Crippen LogP contribution in [0, 0.1) is 5.82 Å². The Morgan fingerprint density at radius 3 is 2.68 bits per heavy atom. The van der Waals surface area contributed by atoms with Crippen LogP contribution in [0.4, 0.5) is 4.39 Å². The summed E-state index contributed by atoms with van der Waals surface area (Å²) in [5.74, 6) is 0.465. The second kappa shape index (κ2) is 6.17. The van der Waals surface area contributed by atoms with Crippen molar-refractivity contribution in [2.24, 2.45) is 5.73 Å². The summed E-state index contributed by atoms with van der Waals surface area (Å²) in [4.78, 5) is 0. The monoisotopic (exact) mass is 323 g/mol. The van der Waals surface area contributed by atoms with Gasteiger partial charge in [0, 0.05) is 4.47 Å². The molecule has 0 saturated carbocycles. The van der Waals surface area contributed by atoms with Gasteiger partial charge in [0.2, 0.25) is 0 Å². The number of benzene rings is 2. The molecule has 0 heterocycles. The van der Waals surface area contributed by atoms with Gasteiger partial charge in [-0.25, -0.2) is 4.39 Å². The van der Waals surface area contributed by atoms with Gasteiger partial charge in [-0.3, -0.25) is 0 Å². The average Bonchev–Trinajstić information content (AvgIpc) is 2.37. The van der Waals surface area contributed by atoms with Crippen molar-refractivity contribution in [1.82, 2.24) is 0 Å². The molecule has 2 rings (SSSR count). The molecule has 0 spiro atoms. The summed E-state index contributed by atoms with van der Waals surface area (Å²) in [6, 6.07) is 11.8. The van der Waals surface area contributed by atoms with Crippen molar-refractivity contribution in [3.8, 4) is 5.75 Å². The summed E-state index contributed by atoms with van der Waals surface area (Å²) < 4.78 is 19.5. The minimum absolute atomic E-state index is 0.305. The molecule has 1 unspecified atom stereocenters. The van der Waals surface area contributed by atoms with E-state index in [9.17, 15) is 4.39 Å². The maximum absolute atomic E-state index is 13.4. The lowest BCUT2D eigenvalue weighted by Gasteiger charge is -2.14. The molecule has 1 atom stereocenters. The van der Waals surface area contributed by atoms with Crippen LogP contribution in [0.1, 0.15) is 24.1 Å². The van der Waals surface area contributed by atoms with Crippen LogP contribution >= 0.6 is 15.9 Å². The van der Waals surface area contributed by atoms with E-state index in [2.05, 4.69) is 15.9 Å². The molecule has 2 N–H and O–H groups in total. The van der Waals surface area contributed by atoms with E-state index in [1.54, 1.807) is 0 Å². The van der Waals surface area contributed by atoms with Gasteiger partial charge in [0.25, 0.3) is 0 Å². The first-order valence-corrected chi connectivity index (χ1v) is 6.83. The first-order chi connectivity index (χ1) is 9.10. The highest BCUT2D eigenvalue weighted by molar-refractivity contribution is 9.10. The van der Waals surface area contributed by atoms with Gasteiger partial charge in [-0.2, -0.15) is 0 Å². The normalized spacial score (nSPS) is 12.2. The fourth-order valence-corrected chi connectivity index (χ4v) is 2.39. The van der Waals surface area contributed by atoms with Crippen molar-refractivity contribution in [3.05, 3.63) is 63.9 Å². The van der Waals surface area contributed by atoms with Crippen molar-refractivity contribution in [2.75, 3.05) is 6.61 Å². The largest absolute Gasteiger partial charge is 0.494 e. The first kappa shape index (κ1) is 14.0. The highest BCUT2D eigenvalue weighted by Gasteiger charge is 2.11. The molecule has 2 aromatic rings. The Balaban J connectivity index is 2.32. The molecule has 0 amide bonds. The Morgan fingerprint density at radius 1 is 1.21 bits per heavy atom. The molecule has 100 valence electrons. The van der Waals surface area contributed by atoms with Crippen LogP contribution in [-0.4, -0.2) is 6.61 Å². The van der Waals surface area contributed by atoms with Crippen molar-refractivity contribution in [3.63, 3.8) is 0 Å². The van der Waals surface area contributed by atoms with E-state index >= 15 is 0 Å². The molecule has 0 aliphatic carbocycles. The van der Waals surface area contributed by atoms with Gasteiger partial charge in [-0.05, 0) is 48.4 Å². The molecular formula is C15H15BrFNO. The van der Waals surface area contributed by atoms with Crippen LogP contribution in [0.15, 0.2) is 46.9 Å². The van der Waals surface area contributed by atoms with Crippen LogP contribution in [0.25, 0.3) is 0 Å². The van der Waals surface area contributed by atoms with Gasteiger partial charge in [0.1, 0.15) is 11.6 Å². The average molecular weight is 324 g/mol. The van der Waals surface area contributed by atoms with E-state index in [1.807, 2.05) is 37.3 Å². The third kappa shape index (κ3) is 3.55. The van der Waals surface area contributed by atoms with E-state index < -0.39 is 0 Å². The molecule has 0 aliphatic rings. The SMILES string of the molecule is CCOc1cccc(C(N)c2cc(F)cc(Br)c2)c1. The van der Waals surface area contributed by atoms with Crippen molar-refractivity contribution < 1.29 is 9.13 Å². The van der Waals surface area contributed by atoms with Crippen molar-refractivity contribution in [1.29, 1.82) is 0 Å². The summed E-state index contributed by atoms with van der Waals surface area (Å²) in [6.45, 7) is 2.53. The van der Waals surface area contributed by atoms with Gasteiger partial charge in [-0.1, -0.05) is 28.1 Å². The van der Waals surface area contributed by atoms with Crippen LogP contribution in [0.3, 0.4) is 0 Å². The summed E-state index contributed by atoms with van der Waals surface area (Å²) in [6.07, 6.45) is 0. The van der Waals surface area contributed by atoms with Crippen LogP contribution in [-0.2, 0) is 0 Å². The Morgan fingerprint density at radius 2 is 2.00 bits per heavy atom. The second-order valence-electron chi connectivity index (χ2n) is 4.19. The van der Waals surface area contributed by atoms with Crippen LogP contribution in [0.5, 0.6) is 5.75 Å². The Hall–Kier alpha value is -1.39. The molecule has 4 heteroatoms. The predicted molar refractivity (Wildman–Crippen MR) is 77.7 cm³/mol. The van der Waals surface area contributed by atoms with Gasteiger partial charge < -0.3 is 10.5 Å². The maximum atomic E-state index is 13.4. The summed E-state index contributed by atoms with van der Waals surface area (Å²) in [7, 11) is 0. The van der Waals surface area contributed by atoms with E-state index in [0.717, 1.165) is 16.9 Å². The Labute approximate surface area is 120 Å². The first-order valence-electron chi connectivity index (χ1n) is 6.04. The lowest BCUT2D eigenvalue weighted by molar-refractivity contribution is 0.340. The fourth-order valence-electron chi connectivity index (χ4n) is 1.91. The fraction of sp³-hybridized carbons (Fsp3) is 0.200. The van der Waals surface area contributed by atoms with E-state index in [-0.39, 0.29) is 11.9 Å². The minimum atomic E-state index is -0.382. The highest BCUT2D eigenvalue weighted by Crippen LogP contribution is 2.26. The lowest BCUT2D eigenvalue weighted by atomic mass is 9.99. The van der Waals surface area contributed by atoms with E-state index in [0.29, 0.717) is 11.1 Å². The van der Waals surface area contributed by atoms with Gasteiger partial charge in [0.15, 0.2) is 0 Å². The predicted octanol–water partition coefficient (Wildman–Crippen LogP) is 4.04. The molecule has 0 radical (unpaired) electrons. The molecular weight excluding hydrogens is 309 g/mol. The summed E-state index contributed by atoms with van der Waals surface area (Å²) in [5, 5.41) is 0. The zero-order valence-corrected chi connectivity index (χ0v) is 12.2. The van der Waals surface area contributed by atoms with Crippen LogP contribution in [0.2, 0.25) is 0 Å². The standard InChI is InChI=1S/C15H15BrFNO/c1-2-19-14-5-3-4-10(8-14)15(18)11-6-12(16)9-13(17)7-11/h3-9,15H,2,18H2,1H3.